The lowest BCUT2D eigenvalue weighted by Gasteiger charge is -2.52. The van der Waals surface area contributed by atoms with Crippen LogP contribution < -0.4 is 11.1 Å². The smallest absolute Gasteiger partial charge is 0.224 e. The minimum Gasteiger partial charge on any atom is -0.345 e. The van der Waals surface area contributed by atoms with Crippen molar-refractivity contribution in [2.45, 2.75) is 56.7 Å². The summed E-state index contributed by atoms with van der Waals surface area (Å²) in [5, 5.41) is 3.28. The standard InChI is InChI=1S/C19H29N3O.ClH/c1-22(13-7-8-14-22)19(20)12-6-5-11-17(19)21-18(23)15-16-9-3-2-4-10-16;/h2-4,9-10,17H,5-8,11-15,20H2,1H3;1H/p+1/t17-,19-;/m1./s1. The van der Waals surface area contributed by atoms with Gasteiger partial charge >= 0.3 is 0 Å². The van der Waals surface area contributed by atoms with E-state index in [2.05, 4.69) is 12.4 Å². The largest absolute Gasteiger partial charge is 0.345 e. The van der Waals surface area contributed by atoms with Gasteiger partial charge < -0.3 is 9.80 Å². The summed E-state index contributed by atoms with van der Waals surface area (Å²) in [5.41, 5.74) is 7.70. The average molecular weight is 353 g/mol. The van der Waals surface area contributed by atoms with Gasteiger partial charge in [0, 0.05) is 19.3 Å². The molecule has 1 amide bonds. The van der Waals surface area contributed by atoms with E-state index in [0.29, 0.717) is 6.42 Å². The van der Waals surface area contributed by atoms with Crippen molar-refractivity contribution in [1.29, 1.82) is 0 Å². The maximum Gasteiger partial charge on any atom is 0.224 e. The van der Waals surface area contributed by atoms with Gasteiger partial charge in [0.25, 0.3) is 0 Å². The van der Waals surface area contributed by atoms with Crippen molar-refractivity contribution in [2.75, 3.05) is 20.1 Å². The van der Waals surface area contributed by atoms with Gasteiger partial charge in [-0.05, 0) is 18.4 Å². The van der Waals surface area contributed by atoms with Gasteiger partial charge in [-0.2, -0.15) is 0 Å². The van der Waals surface area contributed by atoms with Crippen LogP contribution in [0.1, 0.15) is 44.1 Å². The first-order valence-corrected chi connectivity index (χ1v) is 9.00. The Kier molecular flexibility index (Phi) is 6.29. The highest BCUT2D eigenvalue weighted by molar-refractivity contribution is 5.85. The second-order valence-electron chi connectivity index (χ2n) is 7.57. The summed E-state index contributed by atoms with van der Waals surface area (Å²) >= 11 is 0. The lowest BCUT2D eigenvalue weighted by atomic mass is 9.82. The van der Waals surface area contributed by atoms with Crippen LogP contribution in [0.15, 0.2) is 30.3 Å². The molecule has 0 bridgehead atoms. The van der Waals surface area contributed by atoms with Crippen LogP contribution in [0.25, 0.3) is 0 Å². The SMILES string of the molecule is C[N+]1([C@]2(N)CCCC[C@H]2NC(=O)Cc2ccccc2)CCCC1.Cl. The zero-order valence-corrected chi connectivity index (χ0v) is 15.5. The van der Waals surface area contributed by atoms with Crippen LogP contribution in [0.4, 0.5) is 0 Å². The molecule has 1 aromatic rings. The molecule has 1 aliphatic carbocycles. The van der Waals surface area contributed by atoms with Gasteiger partial charge in [-0.3, -0.25) is 10.5 Å². The molecule has 4 nitrogen and oxygen atoms in total. The number of hydrogen-bond acceptors (Lipinski definition) is 2. The average Bonchev–Trinajstić information content (AvgIpc) is 2.99. The molecule has 2 fully saturated rings. The monoisotopic (exact) mass is 352 g/mol. The lowest BCUT2D eigenvalue weighted by molar-refractivity contribution is -0.951. The summed E-state index contributed by atoms with van der Waals surface area (Å²) in [5.74, 6) is 0.101. The second kappa shape index (κ2) is 7.85. The molecule has 1 saturated heterocycles. The first kappa shape index (κ1) is 19.2. The molecule has 1 saturated carbocycles. The van der Waals surface area contributed by atoms with E-state index in [1.807, 2.05) is 30.3 Å². The molecule has 1 aliphatic heterocycles. The predicted molar refractivity (Wildman–Crippen MR) is 99.9 cm³/mol. The topological polar surface area (TPSA) is 55.1 Å². The maximum absolute atomic E-state index is 12.5. The number of nitrogens with zero attached hydrogens (tertiary/aromatic N) is 1. The third-order valence-electron chi connectivity index (χ3n) is 6.02. The molecule has 1 aromatic carbocycles. The Morgan fingerprint density at radius 1 is 1.21 bits per heavy atom. The number of likely N-dealkylation sites (tertiary alicyclic amines) is 1. The number of quaternary nitrogens is 1. The summed E-state index contributed by atoms with van der Waals surface area (Å²) in [6, 6.07) is 10.0. The molecule has 134 valence electrons. The van der Waals surface area contributed by atoms with E-state index in [4.69, 9.17) is 5.73 Å². The molecule has 1 heterocycles. The summed E-state index contributed by atoms with van der Waals surface area (Å²) in [6.07, 6.45) is 7.30. The summed E-state index contributed by atoms with van der Waals surface area (Å²) in [4.78, 5) is 12.5. The van der Waals surface area contributed by atoms with Crippen LogP contribution >= 0.6 is 12.4 Å². The van der Waals surface area contributed by atoms with E-state index in [1.54, 1.807) is 0 Å². The minimum absolute atomic E-state index is 0. The molecule has 2 aliphatic rings. The minimum atomic E-state index is -0.304. The van der Waals surface area contributed by atoms with E-state index >= 15 is 0 Å². The molecular formula is C19H31ClN3O+. The van der Waals surface area contributed by atoms with E-state index in [1.165, 1.54) is 19.3 Å². The van der Waals surface area contributed by atoms with Crippen molar-refractivity contribution in [2.24, 2.45) is 5.73 Å². The third kappa shape index (κ3) is 3.76. The van der Waals surface area contributed by atoms with Gasteiger partial charge in [-0.25, -0.2) is 0 Å². The van der Waals surface area contributed by atoms with E-state index in [0.717, 1.165) is 42.4 Å². The molecule has 0 unspecified atom stereocenters. The van der Waals surface area contributed by atoms with Crippen LogP contribution in [-0.2, 0) is 11.2 Å². The molecule has 0 spiro atoms. The van der Waals surface area contributed by atoms with Crippen LogP contribution in [0.5, 0.6) is 0 Å². The number of carbonyl (C=O) groups excluding carboxylic acids is 1. The molecule has 3 rings (SSSR count). The molecule has 24 heavy (non-hydrogen) atoms. The lowest BCUT2D eigenvalue weighted by Crippen LogP contribution is -2.75. The van der Waals surface area contributed by atoms with Crippen molar-refractivity contribution in [3.63, 3.8) is 0 Å². The van der Waals surface area contributed by atoms with Crippen LogP contribution in [-0.4, -0.2) is 42.2 Å². The van der Waals surface area contributed by atoms with Crippen LogP contribution in [0.3, 0.4) is 0 Å². The second-order valence-corrected chi connectivity index (χ2v) is 7.57. The predicted octanol–water partition coefficient (Wildman–Crippen LogP) is 2.61. The summed E-state index contributed by atoms with van der Waals surface area (Å²) in [6.45, 7) is 2.28. The Hall–Kier alpha value is -1.10. The highest BCUT2D eigenvalue weighted by Gasteiger charge is 2.53. The van der Waals surface area contributed by atoms with Gasteiger partial charge in [0.2, 0.25) is 5.91 Å². The zero-order valence-electron chi connectivity index (χ0n) is 14.7. The number of nitrogens with two attached hydrogens (primary N) is 1. The number of halogens is 1. The van der Waals surface area contributed by atoms with Gasteiger partial charge in [-0.1, -0.05) is 36.8 Å². The van der Waals surface area contributed by atoms with Crippen molar-refractivity contribution in [3.8, 4) is 0 Å². The van der Waals surface area contributed by atoms with Crippen molar-refractivity contribution in [3.05, 3.63) is 35.9 Å². The van der Waals surface area contributed by atoms with Gasteiger partial charge in [0.15, 0.2) is 5.66 Å². The fourth-order valence-electron chi connectivity index (χ4n) is 4.50. The molecule has 2 atom stereocenters. The Morgan fingerprint density at radius 2 is 1.88 bits per heavy atom. The van der Waals surface area contributed by atoms with Crippen LogP contribution in [0, 0.1) is 0 Å². The fourth-order valence-corrected chi connectivity index (χ4v) is 4.50. The Bertz CT molecular complexity index is 545. The highest BCUT2D eigenvalue weighted by atomic mass is 35.5. The number of carbonyl (C=O) groups is 1. The van der Waals surface area contributed by atoms with Crippen LogP contribution in [0.2, 0.25) is 0 Å². The quantitative estimate of drug-likeness (QED) is 0.818. The normalized spacial score (nSPS) is 28.8. The number of rotatable bonds is 4. The van der Waals surface area contributed by atoms with Gasteiger partial charge in [-0.15, -0.1) is 12.4 Å². The van der Waals surface area contributed by atoms with E-state index < -0.39 is 0 Å². The number of nitrogens with one attached hydrogen (secondary N) is 1. The molecule has 0 aromatic heterocycles. The Morgan fingerprint density at radius 3 is 2.54 bits per heavy atom. The maximum atomic E-state index is 12.5. The number of amides is 1. The van der Waals surface area contributed by atoms with Crippen molar-refractivity contribution in [1.82, 2.24) is 5.32 Å². The first-order chi connectivity index (χ1) is 11.0. The first-order valence-electron chi connectivity index (χ1n) is 9.00. The van der Waals surface area contributed by atoms with Crippen molar-refractivity contribution < 1.29 is 9.28 Å². The number of hydrogen-bond donors (Lipinski definition) is 2. The van der Waals surface area contributed by atoms with E-state index in [-0.39, 0.29) is 30.0 Å². The number of likely N-dealkylation sites (N-methyl/N-ethyl adjacent to an activating group) is 1. The zero-order chi connectivity index (χ0) is 16.3. The number of benzene rings is 1. The Balaban J connectivity index is 0.00000208. The van der Waals surface area contributed by atoms with Gasteiger partial charge in [0.1, 0.15) is 0 Å². The molecule has 5 heteroatoms. The third-order valence-corrected chi connectivity index (χ3v) is 6.02. The fraction of sp³-hybridized carbons (Fsp3) is 0.632. The van der Waals surface area contributed by atoms with Gasteiger partial charge in [0.05, 0.1) is 32.6 Å². The van der Waals surface area contributed by atoms with E-state index in [9.17, 15) is 4.79 Å². The molecule has 0 radical (unpaired) electrons. The highest BCUT2D eigenvalue weighted by Crippen LogP contribution is 2.37. The molecule has 3 N–H and O–H groups in total. The summed E-state index contributed by atoms with van der Waals surface area (Å²) in [7, 11) is 2.29. The Labute approximate surface area is 151 Å². The summed E-state index contributed by atoms with van der Waals surface area (Å²) < 4.78 is 0.920. The van der Waals surface area contributed by atoms with Crippen molar-refractivity contribution >= 4 is 18.3 Å². The molecular weight excluding hydrogens is 322 g/mol.